The zero-order valence-electron chi connectivity index (χ0n) is 11.2. The number of hydrogen-bond donors (Lipinski definition) is 1. The van der Waals surface area contributed by atoms with E-state index >= 15 is 0 Å². The number of aliphatic imine (C=N–C) groups is 1. The van der Waals surface area contributed by atoms with E-state index in [0.717, 1.165) is 9.29 Å². The second kappa shape index (κ2) is 5.50. The Morgan fingerprint density at radius 1 is 1.53 bits per heavy atom. The van der Waals surface area contributed by atoms with Gasteiger partial charge in [0.2, 0.25) is 0 Å². The first kappa shape index (κ1) is 15.3. The number of aliphatic hydroxyl groups excluding tert-OH is 1. The summed E-state index contributed by atoms with van der Waals surface area (Å²) in [5, 5.41) is 9.76. The molecule has 0 aromatic carbocycles. The number of dihydropyridines is 1. The molecule has 0 fully saturated rings. The Hall–Kier alpha value is 0.277. The first-order chi connectivity index (χ1) is 7.63. The van der Waals surface area contributed by atoms with Crippen LogP contribution >= 0.6 is 22.6 Å². The molecule has 0 radical (unpaired) electrons. The van der Waals surface area contributed by atoms with Crippen molar-refractivity contribution in [2.24, 2.45) is 4.99 Å². The molecule has 0 saturated heterocycles. The highest BCUT2D eigenvalue weighted by Gasteiger charge is 2.37. The number of halogens is 1. The Balaban J connectivity index is 2.59. The molecule has 98 valence electrons. The van der Waals surface area contributed by atoms with Crippen LogP contribution in [0.25, 0.3) is 0 Å². The van der Waals surface area contributed by atoms with Gasteiger partial charge >= 0.3 is 0 Å². The molecule has 0 bridgehead atoms. The molecule has 0 saturated carbocycles. The van der Waals surface area contributed by atoms with Gasteiger partial charge in [0.05, 0.1) is 18.9 Å². The van der Waals surface area contributed by atoms with Crippen molar-refractivity contribution in [1.82, 2.24) is 0 Å². The van der Waals surface area contributed by atoms with Gasteiger partial charge < -0.3 is 9.53 Å². The summed E-state index contributed by atoms with van der Waals surface area (Å²) in [5.74, 6) is 0. The van der Waals surface area contributed by atoms with Crippen LogP contribution in [-0.4, -0.2) is 38.4 Å². The fraction of sp³-hybridized carbons (Fsp3) is 0.750. The van der Waals surface area contributed by atoms with Gasteiger partial charge in [-0.1, -0.05) is 20.8 Å². The van der Waals surface area contributed by atoms with E-state index in [4.69, 9.17) is 4.43 Å². The van der Waals surface area contributed by atoms with E-state index in [0.29, 0.717) is 13.2 Å². The van der Waals surface area contributed by atoms with E-state index in [1.54, 1.807) is 0 Å². The third-order valence-corrected chi connectivity index (χ3v) is 8.99. The minimum Gasteiger partial charge on any atom is -0.411 e. The molecule has 1 N–H and O–H groups in total. The van der Waals surface area contributed by atoms with Crippen molar-refractivity contribution in [2.75, 3.05) is 13.2 Å². The second-order valence-corrected chi connectivity index (χ2v) is 12.0. The van der Waals surface area contributed by atoms with Gasteiger partial charge in [0.15, 0.2) is 8.32 Å². The molecule has 1 heterocycles. The third kappa shape index (κ3) is 4.15. The van der Waals surface area contributed by atoms with E-state index in [-0.39, 0.29) is 5.04 Å². The largest absolute Gasteiger partial charge is 0.411 e. The van der Waals surface area contributed by atoms with Gasteiger partial charge in [-0.2, -0.15) is 0 Å². The standard InChI is InChI=1S/C12H22INO2Si/c1-12(2,3)17(4,5)16-8-9-6-10(13)11(15)7-14-9/h6,11,15H,7-8H2,1-5H3. The maximum Gasteiger partial charge on any atom is 0.192 e. The highest BCUT2D eigenvalue weighted by Crippen LogP contribution is 2.36. The highest BCUT2D eigenvalue weighted by molar-refractivity contribution is 14.1. The van der Waals surface area contributed by atoms with Crippen LogP contribution in [0.5, 0.6) is 0 Å². The summed E-state index contributed by atoms with van der Waals surface area (Å²) in [4.78, 5) is 4.33. The topological polar surface area (TPSA) is 41.8 Å². The molecule has 17 heavy (non-hydrogen) atoms. The molecule has 0 aromatic rings. The molecule has 1 aliphatic rings. The first-order valence-electron chi connectivity index (χ1n) is 5.86. The maximum absolute atomic E-state index is 9.54. The quantitative estimate of drug-likeness (QED) is 0.615. The molecule has 0 amide bonds. The summed E-state index contributed by atoms with van der Waals surface area (Å²) in [6, 6.07) is 0. The van der Waals surface area contributed by atoms with Crippen LogP contribution < -0.4 is 0 Å². The predicted octanol–water partition coefficient (Wildman–Crippen LogP) is 3.14. The molecule has 1 rings (SSSR count). The number of aliphatic hydroxyl groups is 1. The van der Waals surface area contributed by atoms with Crippen molar-refractivity contribution in [3.05, 3.63) is 9.66 Å². The smallest absolute Gasteiger partial charge is 0.192 e. The average molecular weight is 367 g/mol. The summed E-state index contributed by atoms with van der Waals surface area (Å²) >= 11 is 2.16. The fourth-order valence-electron chi connectivity index (χ4n) is 1.15. The molecular formula is C12H22INO2Si. The van der Waals surface area contributed by atoms with Crippen LogP contribution in [0.4, 0.5) is 0 Å². The third-order valence-electron chi connectivity index (χ3n) is 3.48. The van der Waals surface area contributed by atoms with Gasteiger partial charge in [-0.05, 0) is 46.8 Å². The normalized spacial score (nSPS) is 22.2. The first-order valence-corrected chi connectivity index (χ1v) is 9.84. The Labute approximate surface area is 119 Å². The van der Waals surface area contributed by atoms with Crippen LogP contribution in [0, 0.1) is 0 Å². The summed E-state index contributed by atoms with van der Waals surface area (Å²) in [6.07, 6.45) is 1.51. The van der Waals surface area contributed by atoms with Crippen LogP contribution in [0.15, 0.2) is 14.6 Å². The lowest BCUT2D eigenvalue weighted by Crippen LogP contribution is -2.42. The van der Waals surface area contributed by atoms with Crippen molar-refractivity contribution >= 4 is 36.6 Å². The van der Waals surface area contributed by atoms with Gasteiger partial charge in [0, 0.05) is 3.58 Å². The van der Waals surface area contributed by atoms with Crippen molar-refractivity contribution in [3.8, 4) is 0 Å². The summed E-state index contributed by atoms with van der Waals surface area (Å²) in [7, 11) is -1.70. The SMILES string of the molecule is CC(C)(C)[Si](C)(C)OCC1=NCC(O)C(I)=C1. The minimum absolute atomic E-state index is 0.221. The zero-order valence-corrected chi connectivity index (χ0v) is 14.4. The fourth-order valence-corrected chi connectivity index (χ4v) is 2.65. The molecule has 3 nitrogen and oxygen atoms in total. The summed E-state index contributed by atoms with van der Waals surface area (Å²) in [6.45, 7) is 12.2. The lowest BCUT2D eigenvalue weighted by atomic mass is 10.2. The van der Waals surface area contributed by atoms with E-state index in [2.05, 4.69) is 61.4 Å². The lowest BCUT2D eigenvalue weighted by Gasteiger charge is -2.36. The van der Waals surface area contributed by atoms with Gasteiger partial charge in [-0.25, -0.2) is 0 Å². The summed E-state index contributed by atoms with van der Waals surface area (Å²) in [5.41, 5.74) is 0.949. The Kier molecular flexibility index (Phi) is 4.96. The van der Waals surface area contributed by atoms with Crippen molar-refractivity contribution in [2.45, 2.75) is 45.0 Å². The highest BCUT2D eigenvalue weighted by atomic mass is 127. The molecule has 5 heteroatoms. The molecule has 0 aromatic heterocycles. The molecule has 1 unspecified atom stereocenters. The van der Waals surface area contributed by atoms with E-state index in [9.17, 15) is 5.11 Å². The van der Waals surface area contributed by atoms with Crippen molar-refractivity contribution in [1.29, 1.82) is 0 Å². The van der Waals surface area contributed by atoms with Gasteiger partial charge in [0.25, 0.3) is 0 Å². The van der Waals surface area contributed by atoms with E-state index < -0.39 is 14.4 Å². The number of rotatable bonds is 3. The van der Waals surface area contributed by atoms with E-state index in [1.165, 1.54) is 0 Å². The van der Waals surface area contributed by atoms with Gasteiger partial charge in [-0.3, -0.25) is 4.99 Å². The van der Waals surface area contributed by atoms with Crippen LogP contribution in [0.3, 0.4) is 0 Å². The Morgan fingerprint density at radius 2 is 2.12 bits per heavy atom. The van der Waals surface area contributed by atoms with Crippen molar-refractivity contribution in [3.63, 3.8) is 0 Å². The molecule has 0 aliphatic carbocycles. The monoisotopic (exact) mass is 367 g/mol. The lowest BCUT2D eigenvalue weighted by molar-refractivity contribution is 0.228. The van der Waals surface area contributed by atoms with Gasteiger partial charge in [-0.15, -0.1) is 0 Å². The minimum atomic E-state index is -1.70. The summed E-state index contributed by atoms with van der Waals surface area (Å²) < 4.78 is 7.05. The maximum atomic E-state index is 9.54. The molecule has 1 atom stereocenters. The average Bonchev–Trinajstić information content (AvgIpc) is 2.18. The Morgan fingerprint density at radius 3 is 2.59 bits per heavy atom. The number of hydrogen-bond acceptors (Lipinski definition) is 3. The van der Waals surface area contributed by atoms with Gasteiger partial charge in [0.1, 0.15) is 6.10 Å². The molecule has 1 aliphatic heterocycles. The molecule has 0 spiro atoms. The zero-order chi connectivity index (χ0) is 13.3. The molecular weight excluding hydrogens is 345 g/mol. The van der Waals surface area contributed by atoms with E-state index in [1.807, 2.05) is 6.08 Å². The predicted molar refractivity (Wildman–Crippen MR) is 83.6 cm³/mol. The Bertz CT molecular complexity index is 345. The van der Waals surface area contributed by atoms with Crippen molar-refractivity contribution < 1.29 is 9.53 Å². The second-order valence-electron chi connectivity index (χ2n) is 5.93. The number of nitrogens with zero attached hydrogens (tertiary/aromatic N) is 1. The van der Waals surface area contributed by atoms with Crippen LogP contribution in [0.1, 0.15) is 20.8 Å². The van der Waals surface area contributed by atoms with Crippen LogP contribution in [0.2, 0.25) is 18.1 Å². The van der Waals surface area contributed by atoms with Crippen LogP contribution in [-0.2, 0) is 4.43 Å².